The topological polar surface area (TPSA) is 6.48 Å². The zero-order chi connectivity index (χ0) is 14.7. The van der Waals surface area contributed by atoms with Crippen molar-refractivity contribution >= 4 is 0 Å². The Labute approximate surface area is 139 Å². The standard InChI is InChI=1S/C19H20N2.ClH/c1-16-17(2)21(14-19-11-7-4-8-12-19)15-20(16)13-18-9-5-3-6-10-18;/h3-12H,13-14H2,1-2H3;1H/q+1;/p-1. The van der Waals surface area contributed by atoms with Gasteiger partial charge in [0.05, 0.1) is 24.5 Å². The second-order valence-corrected chi connectivity index (χ2v) is 5.41. The summed E-state index contributed by atoms with van der Waals surface area (Å²) in [6, 6.07) is 21.1. The molecule has 1 radical (unpaired) electrons. The summed E-state index contributed by atoms with van der Waals surface area (Å²) in [5.41, 5.74) is 5.15. The lowest BCUT2D eigenvalue weighted by Gasteiger charge is -2.07. The molecule has 0 N–H and O–H groups in total. The molecule has 0 saturated heterocycles. The maximum atomic E-state index is 3.48. The second-order valence-electron chi connectivity index (χ2n) is 5.41. The molecule has 3 heteroatoms. The van der Waals surface area contributed by atoms with Gasteiger partial charge in [0, 0.05) is 0 Å². The van der Waals surface area contributed by atoms with Crippen molar-refractivity contribution in [2.24, 2.45) is 0 Å². The van der Waals surface area contributed by atoms with Crippen molar-refractivity contribution in [3.05, 3.63) is 89.9 Å². The molecule has 0 aliphatic carbocycles. The van der Waals surface area contributed by atoms with Crippen molar-refractivity contribution in [2.75, 3.05) is 0 Å². The Kier molecular flexibility index (Phi) is 5.40. The van der Waals surface area contributed by atoms with Gasteiger partial charge in [0.25, 0.3) is 0 Å². The maximum Gasteiger partial charge on any atom is 0.565 e. The highest BCUT2D eigenvalue weighted by Gasteiger charge is 2.39. The van der Waals surface area contributed by atoms with E-state index in [9.17, 15) is 0 Å². The van der Waals surface area contributed by atoms with Gasteiger partial charge in [0.1, 0.15) is 0 Å². The molecule has 113 valence electrons. The van der Waals surface area contributed by atoms with Crippen LogP contribution in [0.15, 0.2) is 72.1 Å². The molecule has 0 spiro atoms. The van der Waals surface area contributed by atoms with Crippen molar-refractivity contribution in [1.29, 1.82) is 0 Å². The van der Waals surface area contributed by atoms with Crippen LogP contribution in [0.3, 0.4) is 0 Å². The van der Waals surface area contributed by atoms with E-state index in [1.165, 1.54) is 22.5 Å². The van der Waals surface area contributed by atoms with Crippen molar-refractivity contribution in [3.63, 3.8) is 0 Å². The van der Waals surface area contributed by atoms with Crippen molar-refractivity contribution in [1.82, 2.24) is 9.80 Å². The van der Waals surface area contributed by atoms with Crippen LogP contribution in [0.1, 0.15) is 25.0 Å². The number of halogens is 1. The van der Waals surface area contributed by atoms with Gasteiger partial charge in [-0.05, 0) is 25.0 Å². The predicted molar refractivity (Wildman–Crippen MR) is 85.6 cm³/mol. The van der Waals surface area contributed by atoms with Gasteiger partial charge in [-0.3, -0.25) is 0 Å². The summed E-state index contributed by atoms with van der Waals surface area (Å²) in [5, 5.41) is 0. The molecule has 3 rings (SSSR count). The van der Waals surface area contributed by atoms with Crippen LogP contribution in [0.4, 0.5) is 0 Å². The van der Waals surface area contributed by atoms with E-state index in [0.29, 0.717) is 0 Å². The Hall–Kier alpha value is -2.06. The molecule has 1 heterocycles. The largest absolute Gasteiger partial charge is 1.00 e. The Morgan fingerprint density at radius 3 is 1.41 bits per heavy atom. The Morgan fingerprint density at radius 2 is 1.05 bits per heavy atom. The minimum Gasteiger partial charge on any atom is -1.00 e. The number of nitrogens with zero attached hydrogens (tertiary/aromatic N) is 2. The van der Waals surface area contributed by atoms with Crippen LogP contribution < -0.4 is 12.4 Å². The van der Waals surface area contributed by atoms with Crippen LogP contribution in [-0.2, 0) is 13.1 Å². The van der Waals surface area contributed by atoms with E-state index in [4.69, 9.17) is 0 Å². The van der Waals surface area contributed by atoms with E-state index < -0.39 is 0 Å². The number of benzene rings is 2. The van der Waals surface area contributed by atoms with Gasteiger partial charge < -0.3 is 12.4 Å². The Balaban J connectivity index is 0.00000176. The van der Waals surface area contributed by atoms with E-state index in [2.05, 4.69) is 91.0 Å². The van der Waals surface area contributed by atoms with E-state index in [0.717, 1.165) is 13.1 Å². The molecule has 0 saturated carbocycles. The normalized spacial score (nSPS) is 13.9. The van der Waals surface area contributed by atoms with Gasteiger partial charge in [-0.2, -0.15) is 0 Å². The summed E-state index contributed by atoms with van der Waals surface area (Å²) in [6.45, 7) is 9.55. The lowest BCUT2D eigenvalue weighted by molar-refractivity contribution is -0.00000438. The zero-order valence-corrected chi connectivity index (χ0v) is 13.7. The van der Waals surface area contributed by atoms with Gasteiger partial charge in [0.2, 0.25) is 0 Å². The molecule has 0 amide bonds. The van der Waals surface area contributed by atoms with E-state index >= 15 is 0 Å². The molecule has 0 aromatic heterocycles. The molecule has 1 aliphatic heterocycles. The van der Waals surface area contributed by atoms with Crippen molar-refractivity contribution in [2.45, 2.75) is 26.9 Å². The van der Waals surface area contributed by atoms with Gasteiger partial charge in [-0.1, -0.05) is 60.7 Å². The SMILES string of the molecule is CC1=C(C)N(Cc2ccccc2)[C+]N1Cc1ccccc1.[Cl-]. The van der Waals surface area contributed by atoms with Crippen molar-refractivity contribution in [3.8, 4) is 0 Å². The van der Waals surface area contributed by atoms with E-state index in [1.807, 2.05) is 0 Å². The summed E-state index contributed by atoms with van der Waals surface area (Å²) >= 11 is 0. The van der Waals surface area contributed by atoms with Crippen LogP contribution in [0, 0.1) is 6.67 Å². The summed E-state index contributed by atoms with van der Waals surface area (Å²) < 4.78 is 0. The first-order valence-electron chi connectivity index (χ1n) is 7.31. The summed E-state index contributed by atoms with van der Waals surface area (Å²) in [7, 11) is 0. The molecule has 2 nitrogen and oxygen atoms in total. The molecule has 0 fully saturated rings. The average Bonchev–Trinajstić information content (AvgIpc) is 2.78. The first kappa shape index (κ1) is 16.3. The monoisotopic (exact) mass is 311 g/mol. The highest BCUT2D eigenvalue weighted by atomic mass is 35.5. The first-order chi connectivity index (χ1) is 10.2. The minimum absolute atomic E-state index is 0. The highest BCUT2D eigenvalue weighted by Crippen LogP contribution is 2.29. The Morgan fingerprint density at radius 1 is 0.682 bits per heavy atom. The molecule has 0 bridgehead atoms. The van der Waals surface area contributed by atoms with Crippen molar-refractivity contribution < 1.29 is 12.4 Å². The minimum atomic E-state index is 0. The number of hydrogen-bond acceptors (Lipinski definition) is 2. The highest BCUT2D eigenvalue weighted by molar-refractivity contribution is 5.24. The number of allylic oxidation sites excluding steroid dienone is 2. The van der Waals surface area contributed by atoms with Crippen LogP contribution in [0.5, 0.6) is 0 Å². The number of rotatable bonds is 4. The third-order valence-corrected chi connectivity index (χ3v) is 3.94. The second kappa shape index (κ2) is 7.28. The molecule has 0 atom stereocenters. The van der Waals surface area contributed by atoms with Crippen LogP contribution in [-0.4, -0.2) is 9.80 Å². The maximum absolute atomic E-state index is 3.48. The fraction of sp³-hybridized carbons (Fsp3) is 0.211. The summed E-state index contributed by atoms with van der Waals surface area (Å²) in [5.74, 6) is 0. The smallest absolute Gasteiger partial charge is 0.565 e. The Bertz CT molecular complexity index is 567. The quantitative estimate of drug-likeness (QED) is 0.784. The molecular formula is C19H20ClN2. The zero-order valence-electron chi connectivity index (χ0n) is 13.0. The lowest BCUT2D eigenvalue weighted by Crippen LogP contribution is -3.00. The van der Waals surface area contributed by atoms with E-state index in [-0.39, 0.29) is 12.4 Å². The molecule has 2 aromatic rings. The molecule has 2 aromatic carbocycles. The summed E-state index contributed by atoms with van der Waals surface area (Å²) in [6.07, 6.45) is 0. The van der Waals surface area contributed by atoms with Gasteiger partial charge in [-0.25, -0.2) is 0 Å². The van der Waals surface area contributed by atoms with E-state index in [1.54, 1.807) is 0 Å². The fourth-order valence-electron chi connectivity index (χ4n) is 2.53. The lowest BCUT2D eigenvalue weighted by atomic mass is 10.2. The summed E-state index contributed by atoms with van der Waals surface area (Å²) in [4.78, 5) is 4.40. The fourth-order valence-corrected chi connectivity index (χ4v) is 2.53. The molecule has 0 unspecified atom stereocenters. The average molecular weight is 312 g/mol. The third kappa shape index (κ3) is 3.58. The molecule has 1 aliphatic rings. The third-order valence-electron chi connectivity index (χ3n) is 3.94. The van der Waals surface area contributed by atoms with Gasteiger partial charge in [-0.15, -0.1) is 9.80 Å². The van der Waals surface area contributed by atoms with Crippen LogP contribution >= 0.6 is 0 Å². The van der Waals surface area contributed by atoms with Gasteiger partial charge in [0.15, 0.2) is 0 Å². The van der Waals surface area contributed by atoms with Crippen LogP contribution in [0.25, 0.3) is 0 Å². The van der Waals surface area contributed by atoms with Crippen LogP contribution in [0.2, 0.25) is 0 Å². The van der Waals surface area contributed by atoms with Gasteiger partial charge >= 0.3 is 6.67 Å². The molecule has 22 heavy (non-hydrogen) atoms. The first-order valence-corrected chi connectivity index (χ1v) is 7.31. The molecular weight excluding hydrogens is 292 g/mol. The predicted octanol–water partition coefficient (Wildman–Crippen LogP) is 1.26. The number of hydrogen-bond donors (Lipinski definition) is 0.